The third-order valence-electron chi connectivity index (χ3n) is 6.22. The smallest absolute Gasteiger partial charge is 0.202 e. The topological polar surface area (TPSA) is 18.5 Å². The Labute approximate surface area is 182 Å². The summed E-state index contributed by atoms with van der Waals surface area (Å²) in [6.07, 6.45) is 9.22. The number of hydrogen-bond acceptors (Lipinski definition) is 2. The van der Waals surface area contributed by atoms with E-state index in [4.69, 9.17) is 9.47 Å². The number of ether oxygens (including phenoxy) is 2. The summed E-state index contributed by atoms with van der Waals surface area (Å²) in [5, 5.41) is 0. The number of hydrogen-bond donors (Lipinski definition) is 0. The average molecular weight is 431 g/mol. The molecule has 2 aromatic carbocycles. The summed E-state index contributed by atoms with van der Waals surface area (Å²) in [6, 6.07) is 5.15. The van der Waals surface area contributed by atoms with Crippen LogP contribution in [-0.4, -0.2) is 12.7 Å². The largest absolute Gasteiger partial charge is 0.450 e. The lowest BCUT2D eigenvalue weighted by Gasteiger charge is -2.27. The molecule has 2 aliphatic rings. The Bertz CT molecular complexity index is 975. The Kier molecular flexibility index (Phi) is 6.71. The van der Waals surface area contributed by atoms with E-state index in [-0.39, 0.29) is 23.2 Å². The third kappa shape index (κ3) is 4.52. The zero-order chi connectivity index (χ0) is 22.0. The first kappa shape index (κ1) is 21.9. The van der Waals surface area contributed by atoms with E-state index in [1.165, 1.54) is 0 Å². The SMILES string of the molecule is CCCc1ccc2c(c1F)Oc1c(cc(/C=C/C3CCC(CCC)CO3)c(F)c1F)C2. The zero-order valence-electron chi connectivity index (χ0n) is 18.1. The van der Waals surface area contributed by atoms with Crippen LogP contribution in [-0.2, 0) is 17.6 Å². The fourth-order valence-corrected chi connectivity index (χ4v) is 4.53. The molecule has 2 aliphatic heterocycles. The van der Waals surface area contributed by atoms with Crippen molar-refractivity contribution in [3.63, 3.8) is 0 Å². The van der Waals surface area contributed by atoms with Crippen LogP contribution in [0.25, 0.3) is 6.08 Å². The highest BCUT2D eigenvalue weighted by Crippen LogP contribution is 2.42. The van der Waals surface area contributed by atoms with E-state index < -0.39 is 17.5 Å². The van der Waals surface area contributed by atoms with Crippen molar-refractivity contribution in [2.24, 2.45) is 5.92 Å². The van der Waals surface area contributed by atoms with Gasteiger partial charge in [-0.05, 0) is 43.2 Å². The Morgan fingerprint density at radius 1 is 0.968 bits per heavy atom. The molecule has 0 aliphatic carbocycles. The molecule has 0 aromatic heterocycles. The Hall–Kier alpha value is -2.27. The van der Waals surface area contributed by atoms with E-state index in [1.54, 1.807) is 24.3 Å². The van der Waals surface area contributed by atoms with Gasteiger partial charge in [0, 0.05) is 23.1 Å². The molecular formula is C26H29F3O2. The molecule has 2 unspecified atom stereocenters. The molecule has 2 aromatic rings. The fraction of sp³-hybridized carbons (Fsp3) is 0.462. The van der Waals surface area contributed by atoms with Crippen LogP contribution in [0.4, 0.5) is 13.2 Å². The van der Waals surface area contributed by atoms with Gasteiger partial charge >= 0.3 is 0 Å². The van der Waals surface area contributed by atoms with Crippen LogP contribution < -0.4 is 4.74 Å². The summed E-state index contributed by atoms with van der Waals surface area (Å²) < 4.78 is 55.8. The number of halogens is 3. The summed E-state index contributed by atoms with van der Waals surface area (Å²) in [5.74, 6) is -2.16. The highest BCUT2D eigenvalue weighted by atomic mass is 19.2. The Morgan fingerprint density at radius 2 is 1.77 bits per heavy atom. The zero-order valence-corrected chi connectivity index (χ0v) is 18.1. The maximum atomic E-state index is 14.8. The van der Waals surface area contributed by atoms with Crippen LogP contribution in [0.3, 0.4) is 0 Å². The molecule has 0 N–H and O–H groups in total. The van der Waals surface area contributed by atoms with Gasteiger partial charge in [0.25, 0.3) is 0 Å². The lowest BCUT2D eigenvalue weighted by atomic mass is 9.93. The minimum absolute atomic E-state index is 0.0114. The second-order valence-electron chi connectivity index (χ2n) is 8.60. The minimum atomic E-state index is -1.07. The minimum Gasteiger partial charge on any atom is -0.450 e. The summed E-state index contributed by atoms with van der Waals surface area (Å²) in [7, 11) is 0. The van der Waals surface area contributed by atoms with E-state index in [0.29, 0.717) is 42.1 Å². The van der Waals surface area contributed by atoms with Crippen LogP contribution in [0.15, 0.2) is 24.3 Å². The molecule has 0 bridgehead atoms. The highest BCUT2D eigenvalue weighted by Gasteiger charge is 2.28. The summed E-state index contributed by atoms with van der Waals surface area (Å²) >= 11 is 0. The summed E-state index contributed by atoms with van der Waals surface area (Å²) in [6.45, 7) is 4.83. The van der Waals surface area contributed by atoms with Gasteiger partial charge in [-0.1, -0.05) is 51.0 Å². The summed E-state index contributed by atoms with van der Waals surface area (Å²) in [4.78, 5) is 0. The lowest BCUT2D eigenvalue weighted by molar-refractivity contribution is 0.00878. The molecular weight excluding hydrogens is 401 g/mol. The molecule has 0 spiro atoms. The van der Waals surface area contributed by atoms with Crippen LogP contribution >= 0.6 is 0 Å². The van der Waals surface area contributed by atoms with Crippen LogP contribution in [0.5, 0.6) is 11.5 Å². The van der Waals surface area contributed by atoms with Crippen LogP contribution in [0, 0.1) is 23.4 Å². The Balaban J connectivity index is 1.55. The van der Waals surface area contributed by atoms with Crippen molar-refractivity contribution in [1.82, 2.24) is 0 Å². The molecule has 2 atom stereocenters. The van der Waals surface area contributed by atoms with Crippen LogP contribution in [0.1, 0.15) is 68.2 Å². The fourth-order valence-electron chi connectivity index (χ4n) is 4.53. The third-order valence-corrected chi connectivity index (χ3v) is 6.22. The first-order chi connectivity index (χ1) is 15.0. The predicted octanol–water partition coefficient (Wildman–Crippen LogP) is 7.36. The van der Waals surface area contributed by atoms with Gasteiger partial charge in [-0.15, -0.1) is 0 Å². The van der Waals surface area contributed by atoms with Gasteiger partial charge in [0.05, 0.1) is 12.7 Å². The maximum absolute atomic E-state index is 14.8. The van der Waals surface area contributed by atoms with Gasteiger partial charge in [-0.3, -0.25) is 0 Å². The van der Waals surface area contributed by atoms with Gasteiger partial charge < -0.3 is 9.47 Å². The molecule has 1 saturated heterocycles. The lowest BCUT2D eigenvalue weighted by Crippen LogP contribution is -2.24. The van der Waals surface area contributed by atoms with Gasteiger partial charge in [0.15, 0.2) is 23.1 Å². The van der Waals surface area contributed by atoms with Gasteiger partial charge in [-0.25, -0.2) is 8.78 Å². The monoisotopic (exact) mass is 430 g/mol. The van der Waals surface area contributed by atoms with Crippen molar-refractivity contribution in [2.75, 3.05) is 6.61 Å². The van der Waals surface area contributed by atoms with Crippen molar-refractivity contribution in [3.8, 4) is 11.5 Å². The molecule has 4 rings (SSSR count). The van der Waals surface area contributed by atoms with Crippen molar-refractivity contribution in [1.29, 1.82) is 0 Å². The van der Waals surface area contributed by atoms with Gasteiger partial charge in [0.1, 0.15) is 0 Å². The first-order valence-electron chi connectivity index (χ1n) is 11.3. The number of rotatable bonds is 6. The molecule has 2 heterocycles. The maximum Gasteiger partial charge on any atom is 0.202 e. The molecule has 0 amide bonds. The molecule has 166 valence electrons. The van der Waals surface area contributed by atoms with Crippen molar-refractivity contribution >= 4 is 6.08 Å². The standard InChI is InChI=1S/C26H29F3O2/c1-3-5-16-7-11-21(30-15-16)12-10-18-13-20-14-19-9-8-17(6-4-2)23(28)25(19)31-26(20)24(29)22(18)27/h8-10,12-13,16,21H,3-7,11,14-15H2,1-2H3/b12-10+. The number of fused-ring (bicyclic) bond motifs is 2. The second kappa shape index (κ2) is 9.47. The molecule has 0 saturated carbocycles. The predicted molar refractivity (Wildman–Crippen MR) is 116 cm³/mol. The van der Waals surface area contributed by atoms with Crippen molar-refractivity contribution < 1.29 is 22.6 Å². The second-order valence-corrected chi connectivity index (χ2v) is 8.60. The van der Waals surface area contributed by atoms with E-state index in [0.717, 1.165) is 32.1 Å². The van der Waals surface area contributed by atoms with Gasteiger partial charge in [-0.2, -0.15) is 4.39 Å². The van der Waals surface area contributed by atoms with Crippen molar-refractivity contribution in [2.45, 2.75) is 64.9 Å². The molecule has 1 fully saturated rings. The normalized spacial score (nSPS) is 20.4. The molecule has 2 nitrogen and oxygen atoms in total. The van der Waals surface area contributed by atoms with E-state index in [9.17, 15) is 13.2 Å². The average Bonchev–Trinajstić information content (AvgIpc) is 2.78. The highest BCUT2D eigenvalue weighted by molar-refractivity contribution is 5.59. The van der Waals surface area contributed by atoms with E-state index in [1.807, 2.05) is 13.0 Å². The quantitative estimate of drug-likeness (QED) is 0.407. The Morgan fingerprint density at radius 3 is 2.48 bits per heavy atom. The van der Waals surface area contributed by atoms with Crippen molar-refractivity contribution in [3.05, 3.63) is 64.0 Å². The first-order valence-corrected chi connectivity index (χ1v) is 11.3. The molecule has 5 heteroatoms. The number of benzene rings is 2. The van der Waals surface area contributed by atoms with E-state index in [2.05, 4.69) is 6.92 Å². The van der Waals surface area contributed by atoms with E-state index >= 15 is 0 Å². The molecule has 0 radical (unpaired) electrons. The molecule has 31 heavy (non-hydrogen) atoms. The van der Waals surface area contributed by atoms with Crippen LogP contribution in [0.2, 0.25) is 0 Å². The van der Waals surface area contributed by atoms with Gasteiger partial charge in [0.2, 0.25) is 5.82 Å². The number of aryl methyl sites for hydroxylation is 1. The summed E-state index contributed by atoms with van der Waals surface area (Å²) in [5.41, 5.74) is 1.84.